The third-order valence-electron chi connectivity index (χ3n) is 3.72. The molecule has 2 aromatic heterocycles. The van der Waals surface area contributed by atoms with Crippen LogP contribution in [0.2, 0.25) is 0 Å². The number of benzene rings is 2. The minimum absolute atomic E-state index is 0.493. The van der Waals surface area contributed by atoms with Gasteiger partial charge in [0.25, 0.3) is 5.89 Å². The van der Waals surface area contributed by atoms with E-state index in [0.717, 1.165) is 39.6 Å². The van der Waals surface area contributed by atoms with Crippen LogP contribution in [0.25, 0.3) is 33.9 Å². The van der Waals surface area contributed by atoms with Crippen molar-refractivity contribution in [2.45, 2.75) is 19.9 Å². The summed E-state index contributed by atoms with van der Waals surface area (Å²) in [7, 11) is 0. The largest absolute Gasteiger partial charge is 0.334 e. The number of aromatic nitrogens is 5. The molecule has 0 atom stereocenters. The van der Waals surface area contributed by atoms with Gasteiger partial charge in [0.15, 0.2) is 0 Å². The zero-order valence-corrected chi connectivity index (χ0v) is 14.6. The van der Waals surface area contributed by atoms with Gasteiger partial charge in [-0.1, -0.05) is 33.2 Å². The second-order valence-electron chi connectivity index (χ2n) is 5.45. The highest BCUT2D eigenvalue weighted by Gasteiger charge is 2.12. The molecule has 0 saturated carbocycles. The Morgan fingerprint density at radius 1 is 1.08 bits per heavy atom. The molecule has 2 heterocycles. The second-order valence-corrected chi connectivity index (χ2v) is 6.36. The lowest BCUT2D eigenvalue weighted by molar-refractivity contribution is 0.432. The standard InChI is InChI=1S/C17H14BrN5O/c1-2-9-23-15-8-5-12(10-14(15)20-22-23)16-19-17(24-21-16)11-3-6-13(18)7-4-11/h3-8,10H,2,9H2,1H3. The molecule has 0 aliphatic heterocycles. The lowest BCUT2D eigenvalue weighted by atomic mass is 10.2. The molecular weight excluding hydrogens is 370 g/mol. The summed E-state index contributed by atoms with van der Waals surface area (Å²) in [5.74, 6) is 1.03. The van der Waals surface area contributed by atoms with Gasteiger partial charge in [-0.05, 0) is 48.9 Å². The summed E-state index contributed by atoms with van der Waals surface area (Å²) in [5.41, 5.74) is 3.58. The molecule has 0 saturated heterocycles. The Labute approximate surface area is 146 Å². The minimum Gasteiger partial charge on any atom is -0.334 e. The average Bonchev–Trinajstić information content (AvgIpc) is 3.23. The maximum Gasteiger partial charge on any atom is 0.258 e. The topological polar surface area (TPSA) is 69.6 Å². The van der Waals surface area contributed by atoms with Gasteiger partial charge in [0.05, 0.1) is 5.52 Å². The van der Waals surface area contributed by atoms with E-state index in [-0.39, 0.29) is 0 Å². The lowest BCUT2D eigenvalue weighted by Gasteiger charge is -1.99. The summed E-state index contributed by atoms with van der Waals surface area (Å²) in [6, 6.07) is 13.6. The van der Waals surface area contributed by atoms with Crippen molar-refractivity contribution in [3.05, 3.63) is 46.9 Å². The number of hydrogen-bond donors (Lipinski definition) is 0. The fourth-order valence-corrected chi connectivity index (χ4v) is 2.80. The zero-order valence-electron chi connectivity index (χ0n) is 13.0. The van der Waals surface area contributed by atoms with Crippen molar-refractivity contribution in [1.29, 1.82) is 0 Å². The summed E-state index contributed by atoms with van der Waals surface area (Å²) in [6.45, 7) is 2.97. The van der Waals surface area contributed by atoms with Crippen molar-refractivity contribution >= 4 is 27.0 Å². The molecular formula is C17H14BrN5O. The third kappa shape index (κ3) is 2.71. The van der Waals surface area contributed by atoms with Gasteiger partial charge in [0.2, 0.25) is 5.82 Å². The normalized spacial score (nSPS) is 11.2. The van der Waals surface area contributed by atoms with Crippen molar-refractivity contribution < 1.29 is 4.52 Å². The van der Waals surface area contributed by atoms with Crippen LogP contribution in [0.15, 0.2) is 51.5 Å². The van der Waals surface area contributed by atoms with E-state index in [1.54, 1.807) is 0 Å². The van der Waals surface area contributed by atoms with Gasteiger partial charge in [-0.3, -0.25) is 0 Å². The zero-order chi connectivity index (χ0) is 16.5. The first-order valence-electron chi connectivity index (χ1n) is 7.68. The molecule has 0 radical (unpaired) electrons. The monoisotopic (exact) mass is 383 g/mol. The first-order chi connectivity index (χ1) is 11.7. The smallest absolute Gasteiger partial charge is 0.258 e. The minimum atomic E-state index is 0.493. The van der Waals surface area contributed by atoms with Gasteiger partial charge in [0, 0.05) is 22.1 Å². The molecule has 0 bridgehead atoms. The molecule has 4 aromatic rings. The van der Waals surface area contributed by atoms with Gasteiger partial charge in [-0.15, -0.1) is 5.10 Å². The number of aryl methyl sites for hydroxylation is 1. The lowest BCUT2D eigenvalue weighted by Crippen LogP contribution is -1.98. The highest BCUT2D eigenvalue weighted by atomic mass is 79.9. The van der Waals surface area contributed by atoms with E-state index >= 15 is 0 Å². The molecule has 2 aromatic carbocycles. The Morgan fingerprint density at radius 3 is 2.67 bits per heavy atom. The Bertz CT molecular complexity index is 990. The van der Waals surface area contributed by atoms with E-state index in [1.165, 1.54) is 0 Å². The summed E-state index contributed by atoms with van der Waals surface area (Å²) in [6.07, 6.45) is 1.02. The quantitative estimate of drug-likeness (QED) is 0.524. The van der Waals surface area contributed by atoms with Crippen molar-refractivity contribution in [2.24, 2.45) is 0 Å². The molecule has 0 unspecified atom stereocenters. The van der Waals surface area contributed by atoms with Crippen molar-refractivity contribution in [3.63, 3.8) is 0 Å². The molecule has 7 heteroatoms. The van der Waals surface area contributed by atoms with Crippen LogP contribution in [0.1, 0.15) is 13.3 Å². The fourth-order valence-electron chi connectivity index (χ4n) is 2.54. The Balaban J connectivity index is 1.69. The van der Waals surface area contributed by atoms with Crippen LogP contribution in [0, 0.1) is 0 Å². The van der Waals surface area contributed by atoms with Gasteiger partial charge >= 0.3 is 0 Å². The highest BCUT2D eigenvalue weighted by molar-refractivity contribution is 9.10. The fraction of sp³-hybridized carbons (Fsp3) is 0.176. The molecule has 4 rings (SSSR count). The highest BCUT2D eigenvalue weighted by Crippen LogP contribution is 2.25. The second kappa shape index (κ2) is 6.16. The van der Waals surface area contributed by atoms with Gasteiger partial charge < -0.3 is 4.52 Å². The summed E-state index contributed by atoms with van der Waals surface area (Å²) in [5, 5.41) is 12.5. The van der Waals surface area contributed by atoms with Crippen molar-refractivity contribution in [3.8, 4) is 22.8 Å². The van der Waals surface area contributed by atoms with E-state index in [1.807, 2.05) is 47.1 Å². The molecule has 0 fully saturated rings. The van der Waals surface area contributed by atoms with Crippen LogP contribution in [0.5, 0.6) is 0 Å². The van der Waals surface area contributed by atoms with Crippen LogP contribution < -0.4 is 0 Å². The molecule has 0 amide bonds. The maximum absolute atomic E-state index is 5.38. The number of rotatable bonds is 4. The van der Waals surface area contributed by atoms with Crippen LogP contribution in [0.3, 0.4) is 0 Å². The predicted octanol–water partition coefficient (Wildman–Crippen LogP) is 4.32. The van der Waals surface area contributed by atoms with Crippen molar-refractivity contribution in [1.82, 2.24) is 25.1 Å². The molecule has 6 nitrogen and oxygen atoms in total. The summed E-state index contributed by atoms with van der Waals surface area (Å²) in [4.78, 5) is 4.48. The molecule has 0 aliphatic rings. The van der Waals surface area contributed by atoms with E-state index in [9.17, 15) is 0 Å². The number of hydrogen-bond acceptors (Lipinski definition) is 5. The Hall–Kier alpha value is -2.54. The molecule has 0 spiro atoms. The van der Waals surface area contributed by atoms with Gasteiger partial charge in [-0.2, -0.15) is 4.98 Å². The number of fused-ring (bicyclic) bond motifs is 1. The third-order valence-corrected chi connectivity index (χ3v) is 4.25. The van der Waals surface area contributed by atoms with E-state index in [4.69, 9.17) is 4.52 Å². The van der Waals surface area contributed by atoms with Crippen LogP contribution in [0.4, 0.5) is 0 Å². The first kappa shape index (κ1) is 15.0. The summed E-state index contributed by atoms with van der Waals surface area (Å²) >= 11 is 3.41. The molecule has 0 aliphatic carbocycles. The Kier molecular flexibility index (Phi) is 3.86. The van der Waals surface area contributed by atoms with E-state index in [0.29, 0.717) is 11.7 Å². The SMILES string of the molecule is CCCn1nnc2cc(-c3noc(-c4ccc(Br)cc4)n3)ccc21. The number of nitrogens with zero attached hydrogens (tertiary/aromatic N) is 5. The molecule has 120 valence electrons. The number of halogens is 1. The van der Waals surface area contributed by atoms with Crippen LogP contribution in [-0.4, -0.2) is 25.1 Å². The molecule has 24 heavy (non-hydrogen) atoms. The molecule has 0 N–H and O–H groups in total. The van der Waals surface area contributed by atoms with Gasteiger partial charge in [0.1, 0.15) is 5.52 Å². The van der Waals surface area contributed by atoms with E-state index in [2.05, 4.69) is 43.3 Å². The average molecular weight is 384 g/mol. The summed E-state index contributed by atoms with van der Waals surface area (Å²) < 4.78 is 8.29. The Morgan fingerprint density at radius 2 is 1.88 bits per heavy atom. The van der Waals surface area contributed by atoms with Gasteiger partial charge in [-0.25, -0.2) is 4.68 Å². The predicted molar refractivity (Wildman–Crippen MR) is 94.2 cm³/mol. The van der Waals surface area contributed by atoms with E-state index < -0.39 is 0 Å². The maximum atomic E-state index is 5.38. The van der Waals surface area contributed by atoms with Crippen LogP contribution in [-0.2, 0) is 6.54 Å². The first-order valence-corrected chi connectivity index (χ1v) is 8.47. The van der Waals surface area contributed by atoms with Crippen molar-refractivity contribution in [2.75, 3.05) is 0 Å². The van der Waals surface area contributed by atoms with Crippen LogP contribution >= 0.6 is 15.9 Å².